The van der Waals surface area contributed by atoms with E-state index < -0.39 is 10.0 Å². The molecule has 6 heteroatoms. The molecule has 0 amide bonds. The van der Waals surface area contributed by atoms with Crippen LogP contribution in [0.15, 0.2) is 6.33 Å². The predicted octanol–water partition coefficient (Wildman–Crippen LogP) is -1.08. The van der Waals surface area contributed by atoms with Crippen molar-refractivity contribution in [3.05, 3.63) is 12.2 Å². The van der Waals surface area contributed by atoms with Crippen LogP contribution in [0.1, 0.15) is 12.2 Å². The molecule has 0 saturated carbocycles. The maximum Gasteiger partial charge on any atom is 0.309 e. The molecule has 1 aromatic rings. The third-order valence-electron chi connectivity index (χ3n) is 1.92. The molecule has 2 rings (SSSR count). The molecule has 1 aliphatic rings. The van der Waals surface area contributed by atoms with Gasteiger partial charge in [-0.3, -0.25) is 0 Å². The number of hydrogen-bond donors (Lipinski definition) is 0. The Labute approximate surface area is 70.7 Å². The van der Waals surface area contributed by atoms with Gasteiger partial charge >= 0.3 is 10.0 Å². The van der Waals surface area contributed by atoms with Crippen LogP contribution in [-0.2, 0) is 23.0 Å². The van der Waals surface area contributed by atoms with Crippen molar-refractivity contribution in [3.8, 4) is 0 Å². The number of nitrogens with zero attached hydrogens (tertiary/aromatic N) is 3. The van der Waals surface area contributed by atoms with E-state index in [-0.39, 0.29) is 0 Å². The quantitative estimate of drug-likeness (QED) is 0.527. The van der Waals surface area contributed by atoms with Crippen molar-refractivity contribution < 1.29 is 13.0 Å². The Balaban J connectivity index is 2.51. The Hall–Kier alpha value is -0.910. The highest BCUT2D eigenvalue weighted by Gasteiger charge is 2.25. The second-order valence-corrected chi connectivity index (χ2v) is 4.80. The largest absolute Gasteiger partial charge is 0.309 e. The van der Waals surface area contributed by atoms with Gasteiger partial charge in [0.05, 0.1) is 17.9 Å². The molecule has 1 aliphatic heterocycles. The minimum atomic E-state index is -3.20. The highest BCUT2D eigenvalue weighted by molar-refractivity contribution is 7.89. The number of hydrogen-bond acceptors (Lipinski definition) is 3. The molecule has 0 fully saturated rings. The van der Waals surface area contributed by atoms with E-state index in [4.69, 9.17) is 0 Å². The van der Waals surface area contributed by atoms with Gasteiger partial charge in [0, 0.05) is 6.42 Å². The SMILES string of the molecule is CS(=O)(=O)n1c[n+]2c(n1)CCC2. The maximum atomic E-state index is 11.0. The first-order chi connectivity index (χ1) is 5.57. The number of fused-ring (bicyclic) bond motifs is 1. The zero-order valence-corrected chi connectivity index (χ0v) is 7.58. The Kier molecular flexibility index (Phi) is 1.47. The van der Waals surface area contributed by atoms with E-state index in [9.17, 15) is 8.42 Å². The fourth-order valence-electron chi connectivity index (χ4n) is 1.33. The lowest BCUT2D eigenvalue weighted by Gasteiger charge is -1.85. The van der Waals surface area contributed by atoms with Gasteiger partial charge in [0.1, 0.15) is 0 Å². The fraction of sp³-hybridized carbons (Fsp3) is 0.667. The Morgan fingerprint density at radius 1 is 1.67 bits per heavy atom. The summed E-state index contributed by atoms with van der Waals surface area (Å²) in [6, 6.07) is 0. The molecule has 2 heterocycles. The summed E-state index contributed by atoms with van der Waals surface area (Å²) >= 11 is 0. The maximum absolute atomic E-state index is 11.0. The smallest absolute Gasteiger partial charge is 0.233 e. The first kappa shape index (κ1) is 7.72. The lowest BCUT2D eigenvalue weighted by Crippen LogP contribution is -2.30. The first-order valence-electron chi connectivity index (χ1n) is 3.76. The van der Waals surface area contributed by atoms with E-state index in [1.165, 1.54) is 6.33 Å². The van der Waals surface area contributed by atoms with Crippen molar-refractivity contribution in [3.63, 3.8) is 0 Å². The van der Waals surface area contributed by atoms with Crippen molar-refractivity contribution in [2.45, 2.75) is 19.4 Å². The summed E-state index contributed by atoms with van der Waals surface area (Å²) in [5.74, 6) is 0.862. The van der Waals surface area contributed by atoms with Crippen LogP contribution in [0.3, 0.4) is 0 Å². The van der Waals surface area contributed by atoms with Gasteiger partial charge < -0.3 is 0 Å². The molecule has 0 radical (unpaired) electrons. The van der Waals surface area contributed by atoms with Crippen LogP contribution in [0.2, 0.25) is 0 Å². The molecule has 0 spiro atoms. The summed E-state index contributed by atoms with van der Waals surface area (Å²) < 4.78 is 25.0. The summed E-state index contributed by atoms with van der Waals surface area (Å²) in [5.41, 5.74) is 0. The third kappa shape index (κ3) is 1.12. The summed E-state index contributed by atoms with van der Waals surface area (Å²) in [7, 11) is -3.20. The van der Waals surface area contributed by atoms with Crippen LogP contribution in [0.4, 0.5) is 0 Å². The number of aromatic nitrogens is 3. The van der Waals surface area contributed by atoms with Gasteiger partial charge in [-0.05, 0) is 10.5 Å². The van der Waals surface area contributed by atoms with Gasteiger partial charge in [0.2, 0.25) is 6.33 Å². The van der Waals surface area contributed by atoms with Gasteiger partial charge in [-0.15, -0.1) is 0 Å². The molecule has 0 saturated heterocycles. The Morgan fingerprint density at radius 3 is 3.00 bits per heavy atom. The number of rotatable bonds is 1. The van der Waals surface area contributed by atoms with Crippen LogP contribution in [0.25, 0.3) is 0 Å². The topological polar surface area (TPSA) is 55.8 Å². The van der Waals surface area contributed by atoms with E-state index in [0.29, 0.717) is 0 Å². The molecule has 0 N–H and O–H groups in total. The van der Waals surface area contributed by atoms with Gasteiger partial charge in [-0.1, -0.05) is 0 Å². The third-order valence-corrected chi connectivity index (χ3v) is 2.78. The predicted molar refractivity (Wildman–Crippen MR) is 41.0 cm³/mol. The summed E-state index contributed by atoms with van der Waals surface area (Å²) in [5, 5.41) is 3.95. The van der Waals surface area contributed by atoms with Crippen LogP contribution in [-0.4, -0.2) is 23.9 Å². The average Bonchev–Trinajstić information content (AvgIpc) is 2.37. The summed E-state index contributed by atoms with van der Waals surface area (Å²) in [6.45, 7) is 0.880. The molecule has 0 aliphatic carbocycles. The van der Waals surface area contributed by atoms with E-state index in [2.05, 4.69) is 5.10 Å². The lowest BCUT2D eigenvalue weighted by molar-refractivity contribution is -0.691. The van der Waals surface area contributed by atoms with Crippen molar-refractivity contribution in [1.82, 2.24) is 9.19 Å². The van der Waals surface area contributed by atoms with Crippen LogP contribution in [0.5, 0.6) is 0 Å². The van der Waals surface area contributed by atoms with Gasteiger partial charge in [-0.25, -0.2) is 4.57 Å². The highest BCUT2D eigenvalue weighted by Crippen LogP contribution is 2.03. The standard InChI is InChI=1S/C6H10N3O2S/c1-12(10,11)9-5-8-4-2-3-6(8)7-9/h5H,2-4H2,1H3/q+1. The summed E-state index contributed by atoms with van der Waals surface area (Å²) in [4.78, 5) is 0. The average molecular weight is 188 g/mol. The summed E-state index contributed by atoms with van der Waals surface area (Å²) in [6.07, 6.45) is 4.63. The molecule has 1 aromatic heterocycles. The second kappa shape index (κ2) is 2.29. The second-order valence-electron chi connectivity index (χ2n) is 2.96. The van der Waals surface area contributed by atoms with Crippen molar-refractivity contribution in [2.24, 2.45) is 0 Å². The van der Waals surface area contributed by atoms with Crippen molar-refractivity contribution in [2.75, 3.05) is 6.26 Å². The molecule has 0 bridgehead atoms. The molecule has 66 valence electrons. The van der Waals surface area contributed by atoms with Crippen LogP contribution in [0, 0.1) is 0 Å². The molecular weight excluding hydrogens is 178 g/mol. The van der Waals surface area contributed by atoms with Crippen LogP contribution < -0.4 is 4.57 Å². The van der Waals surface area contributed by atoms with Gasteiger partial charge in [-0.2, -0.15) is 8.42 Å². The molecule has 0 unspecified atom stereocenters. The molecule has 12 heavy (non-hydrogen) atoms. The van der Waals surface area contributed by atoms with E-state index in [0.717, 1.165) is 35.6 Å². The van der Waals surface area contributed by atoms with Crippen molar-refractivity contribution >= 4 is 10.0 Å². The Bertz CT molecular complexity index is 385. The molecule has 0 atom stereocenters. The van der Waals surface area contributed by atoms with E-state index >= 15 is 0 Å². The molecule has 0 aromatic carbocycles. The zero-order chi connectivity index (χ0) is 8.77. The van der Waals surface area contributed by atoms with E-state index in [1.54, 1.807) is 0 Å². The zero-order valence-electron chi connectivity index (χ0n) is 6.77. The minimum absolute atomic E-state index is 0.862. The van der Waals surface area contributed by atoms with Crippen LogP contribution >= 0.6 is 0 Å². The Morgan fingerprint density at radius 2 is 2.42 bits per heavy atom. The fourth-order valence-corrected chi connectivity index (χ4v) is 1.86. The van der Waals surface area contributed by atoms with E-state index in [1.807, 2.05) is 4.57 Å². The molecular formula is C6H10N3O2S+. The highest BCUT2D eigenvalue weighted by atomic mass is 32.2. The van der Waals surface area contributed by atoms with Gasteiger partial charge in [0.15, 0.2) is 0 Å². The van der Waals surface area contributed by atoms with Gasteiger partial charge in [0.25, 0.3) is 5.82 Å². The lowest BCUT2D eigenvalue weighted by atomic mass is 10.4. The normalized spacial score (nSPS) is 16.4. The first-order valence-corrected chi connectivity index (χ1v) is 5.61. The monoisotopic (exact) mass is 188 g/mol. The number of aryl methyl sites for hydroxylation is 2. The van der Waals surface area contributed by atoms with Crippen molar-refractivity contribution in [1.29, 1.82) is 0 Å². The minimum Gasteiger partial charge on any atom is -0.233 e. The molecule has 5 nitrogen and oxygen atoms in total.